The topological polar surface area (TPSA) is 72.8 Å². The van der Waals surface area contributed by atoms with Gasteiger partial charge in [0.15, 0.2) is 0 Å². The van der Waals surface area contributed by atoms with E-state index in [1.807, 2.05) is 13.8 Å². The van der Waals surface area contributed by atoms with Gasteiger partial charge in [-0.3, -0.25) is 13.9 Å². The van der Waals surface area contributed by atoms with Crippen molar-refractivity contribution in [1.82, 2.24) is 9.03 Å². The molecule has 0 aromatic carbocycles. The SMILES string of the molecule is CC.CCC(=O)NS(O)(O)N(C)C. The van der Waals surface area contributed by atoms with Crippen molar-refractivity contribution < 1.29 is 13.9 Å². The van der Waals surface area contributed by atoms with Crippen LogP contribution in [0.25, 0.3) is 0 Å². The maximum atomic E-state index is 10.7. The first-order chi connectivity index (χ1) is 5.90. The molecule has 0 bridgehead atoms. The number of rotatable bonds is 3. The zero-order valence-corrected chi connectivity index (χ0v) is 9.68. The summed E-state index contributed by atoms with van der Waals surface area (Å²) in [4.78, 5) is 10.7. The number of nitrogens with zero attached hydrogens (tertiary/aromatic N) is 1. The fourth-order valence-electron chi connectivity index (χ4n) is 0.316. The Balaban J connectivity index is 0. The number of carbonyl (C=O) groups is 1. The molecule has 0 saturated carbocycles. The molecular formula is C7H20N2O3S. The minimum absolute atomic E-state index is 0.240. The molecule has 0 radical (unpaired) electrons. The van der Waals surface area contributed by atoms with Crippen molar-refractivity contribution in [3.05, 3.63) is 0 Å². The van der Waals surface area contributed by atoms with Crippen molar-refractivity contribution >= 4 is 16.9 Å². The summed E-state index contributed by atoms with van der Waals surface area (Å²) in [7, 11) is -0.121. The molecule has 3 N–H and O–H groups in total. The smallest absolute Gasteiger partial charge is 0.238 e. The van der Waals surface area contributed by atoms with Gasteiger partial charge < -0.3 is 0 Å². The lowest BCUT2D eigenvalue weighted by Crippen LogP contribution is -2.34. The van der Waals surface area contributed by atoms with Crippen molar-refractivity contribution in [1.29, 1.82) is 0 Å². The average Bonchev–Trinajstić information content (AvgIpc) is 2.07. The molecule has 0 fully saturated rings. The Morgan fingerprint density at radius 2 is 1.77 bits per heavy atom. The second kappa shape index (κ2) is 7.14. The van der Waals surface area contributed by atoms with Gasteiger partial charge in [-0.05, 0) is 0 Å². The van der Waals surface area contributed by atoms with Crippen molar-refractivity contribution in [3.8, 4) is 0 Å². The second-order valence-electron chi connectivity index (χ2n) is 2.21. The summed E-state index contributed by atoms with van der Waals surface area (Å²) in [6, 6.07) is 0. The normalized spacial score (nSPS) is 11.7. The van der Waals surface area contributed by atoms with Gasteiger partial charge in [0.1, 0.15) is 0 Å². The average molecular weight is 212 g/mol. The number of nitrogens with one attached hydrogen (secondary N) is 1. The third-order valence-corrected chi connectivity index (χ3v) is 2.60. The summed E-state index contributed by atoms with van der Waals surface area (Å²) in [6.45, 7) is 5.64. The van der Waals surface area contributed by atoms with E-state index in [4.69, 9.17) is 9.11 Å². The van der Waals surface area contributed by atoms with Crippen LogP contribution in [0.15, 0.2) is 0 Å². The minimum atomic E-state index is -3.08. The zero-order valence-electron chi connectivity index (χ0n) is 8.87. The van der Waals surface area contributed by atoms with Gasteiger partial charge in [-0.15, -0.1) is 0 Å². The molecule has 0 aromatic heterocycles. The minimum Gasteiger partial charge on any atom is -0.273 e. The van der Waals surface area contributed by atoms with Gasteiger partial charge in [0, 0.05) is 20.5 Å². The molecule has 0 saturated heterocycles. The van der Waals surface area contributed by atoms with E-state index in [1.54, 1.807) is 6.92 Å². The highest BCUT2D eigenvalue weighted by atomic mass is 32.3. The first kappa shape index (κ1) is 15.2. The predicted octanol–water partition coefficient (Wildman–Crippen LogP) is 1.68. The predicted molar refractivity (Wildman–Crippen MR) is 56.3 cm³/mol. The molecule has 0 spiro atoms. The quantitative estimate of drug-likeness (QED) is 0.665. The van der Waals surface area contributed by atoms with Crippen molar-refractivity contribution in [2.45, 2.75) is 27.2 Å². The number of amides is 1. The van der Waals surface area contributed by atoms with Crippen LogP contribution in [0.5, 0.6) is 0 Å². The van der Waals surface area contributed by atoms with Gasteiger partial charge in [0.05, 0.1) is 0 Å². The largest absolute Gasteiger partial charge is 0.273 e. The summed E-state index contributed by atoms with van der Waals surface area (Å²) in [5.74, 6) is -0.376. The van der Waals surface area contributed by atoms with Gasteiger partial charge in [0.25, 0.3) is 0 Å². The summed E-state index contributed by atoms with van der Waals surface area (Å²) in [5.41, 5.74) is 0. The van der Waals surface area contributed by atoms with Crippen LogP contribution in [0.2, 0.25) is 0 Å². The zero-order chi connectivity index (χ0) is 11.1. The molecule has 0 aliphatic rings. The third kappa shape index (κ3) is 6.83. The van der Waals surface area contributed by atoms with Gasteiger partial charge in [-0.1, -0.05) is 31.7 Å². The molecule has 0 aliphatic heterocycles. The molecular weight excluding hydrogens is 192 g/mol. The van der Waals surface area contributed by atoms with E-state index in [-0.39, 0.29) is 12.3 Å². The van der Waals surface area contributed by atoms with Crippen molar-refractivity contribution in [2.75, 3.05) is 14.1 Å². The number of carbonyl (C=O) groups excluding carboxylic acids is 1. The molecule has 0 aromatic rings. The van der Waals surface area contributed by atoms with E-state index in [0.29, 0.717) is 0 Å². The highest BCUT2D eigenvalue weighted by Gasteiger charge is 2.16. The van der Waals surface area contributed by atoms with E-state index in [9.17, 15) is 4.79 Å². The van der Waals surface area contributed by atoms with Crippen LogP contribution >= 0.6 is 11.0 Å². The molecule has 0 heterocycles. The molecule has 13 heavy (non-hydrogen) atoms. The van der Waals surface area contributed by atoms with E-state index in [0.717, 1.165) is 0 Å². The lowest BCUT2D eigenvalue weighted by atomic mass is 10.5. The van der Waals surface area contributed by atoms with Gasteiger partial charge >= 0.3 is 0 Å². The summed E-state index contributed by atoms with van der Waals surface area (Å²) in [6.07, 6.45) is 0.240. The highest BCUT2D eigenvalue weighted by Crippen LogP contribution is 2.34. The third-order valence-electron chi connectivity index (χ3n) is 1.08. The fourth-order valence-corrected chi connectivity index (χ4v) is 0.949. The van der Waals surface area contributed by atoms with Gasteiger partial charge in [-0.2, -0.15) is 4.31 Å². The number of hydrogen-bond donors (Lipinski definition) is 3. The van der Waals surface area contributed by atoms with Gasteiger partial charge in [0.2, 0.25) is 5.91 Å². The highest BCUT2D eigenvalue weighted by molar-refractivity contribution is 8.20. The molecule has 0 unspecified atom stereocenters. The lowest BCUT2D eigenvalue weighted by Gasteiger charge is -2.37. The summed E-state index contributed by atoms with van der Waals surface area (Å²) < 4.78 is 21.5. The van der Waals surface area contributed by atoms with E-state index >= 15 is 0 Å². The molecule has 6 heteroatoms. The Kier molecular flexibility index (Phi) is 8.34. The van der Waals surface area contributed by atoms with Crippen LogP contribution in [-0.4, -0.2) is 33.4 Å². The summed E-state index contributed by atoms with van der Waals surface area (Å²) in [5, 5.41) is 0. The Morgan fingerprint density at radius 3 is 2.00 bits per heavy atom. The summed E-state index contributed by atoms with van der Waals surface area (Å²) >= 11 is 0. The Hall–Kier alpha value is -0.300. The standard InChI is InChI=1S/C5H14N2O3S.C2H6/c1-4-5(8)6-11(9,10)7(2)3;1-2/h9-10H,4H2,1-3H3,(H,6,8);1-2H3. The van der Waals surface area contributed by atoms with E-state index in [2.05, 4.69) is 4.72 Å². The maximum Gasteiger partial charge on any atom is 0.238 e. The molecule has 0 aliphatic carbocycles. The van der Waals surface area contributed by atoms with Crippen LogP contribution in [-0.2, 0) is 4.79 Å². The fraction of sp³-hybridized carbons (Fsp3) is 0.857. The Bertz CT molecular complexity index is 151. The van der Waals surface area contributed by atoms with Crippen molar-refractivity contribution in [2.24, 2.45) is 0 Å². The van der Waals surface area contributed by atoms with E-state index < -0.39 is 11.0 Å². The van der Waals surface area contributed by atoms with Crippen LogP contribution in [0, 0.1) is 0 Å². The lowest BCUT2D eigenvalue weighted by molar-refractivity contribution is -0.119. The van der Waals surface area contributed by atoms with E-state index in [1.165, 1.54) is 18.4 Å². The van der Waals surface area contributed by atoms with Crippen LogP contribution in [0.3, 0.4) is 0 Å². The molecule has 0 atom stereocenters. The van der Waals surface area contributed by atoms with Gasteiger partial charge in [-0.25, -0.2) is 4.72 Å². The Morgan fingerprint density at radius 1 is 1.38 bits per heavy atom. The Labute approximate surface area is 81.7 Å². The molecule has 0 rings (SSSR count). The van der Waals surface area contributed by atoms with Crippen LogP contribution in [0.4, 0.5) is 0 Å². The first-order valence-corrected chi connectivity index (χ1v) is 5.66. The van der Waals surface area contributed by atoms with Crippen molar-refractivity contribution in [3.63, 3.8) is 0 Å². The molecule has 1 amide bonds. The first-order valence-electron chi connectivity index (χ1n) is 4.16. The number of hydrogen-bond acceptors (Lipinski definition) is 4. The second-order valence-corrected chi connectivity index (χ2v) is 4.18. The molecule has 82 valence electrons. The van der Waals surface area contributed by atoms with Crippen LogP contribution in [0.1, 0.15) is 27.2 Å². The van der Waals surface area contributed by atoms with Crippen LogP contribution < -0.4 is 4.72 Å². The monoisotopic (exact) mass is 212 g/mol. The maximum absolute atomic E-state index is 10.7. The molecule has 5 nitrogen and oxygen atoms in total.